The minimum atomic E-state index is -4.05. The first-order chi connectivity index (χ1) is 11.4. The van der Waals surface area contributed by atoms with Crippen molar-refractivity contribution in [1.82, 2.24) is 4.72 Å². The Hall–Kier alpha value is -2.78. The standard InChI is InChI=1S/C15H14N2O6S/c18-15(23-11-12-5-2-1-3-6-12)10-16-24(21,22)14-8-4-7-13(9-14)17(19)20/h1-9,16H,10-11H2. The molecule has 1 N–H and O–H groups in total. The predicted octanol–water partition coefficient (Wildman–Crippen LogP) is 1.62. The summed E-state index contributed by atoms with van der Waals surface area (Å²) in [5, 5.41) is 10.7. The fourth-order valence-electron chi connectivity index (χ4n) is 1.79. The molecule has 0 aliphatic rings. The Morgan fingerprint density at radius 3 is 2.50 bits per heavy atom. The van der Waals surface area contributed by atoms with Crippen LogP contribution >= 0.6 is 0 Å². The molecule has 2 aromatic rings. The highest BCUT2D eigenvalue weighted by atomic mass is 32.2. The number of ether oxygens (including phenoxy) is 1. The molecule has 0 amide bonds. The number of nitrogens with zero attached hydrogens (tertiary/aromatic N) is 1. The largest absolute Gasteiger partial charge is 0.460 e. The van der Waals surface area contributed by atoms with Crippen molar-refractivity contribution in [2.45, 2.75) is 11.5 Å². The number of rotatable bonds is 7. The molecule has 8 nitrogen and oxygen atoms in total. The van der Waals surface area contributed by atoms with Crippen molar-refractivity contribution in [2.24, 2.45) is 0 Å². The summed E-state index contributed by atoms with van der Waals surface area (Å²) in [5.74, 6) is -0.757. The third-order valence-electron chi connectivity index (χ3n) is 2.99. The zero-order chi connectivity index (χ0) is 17.6. The van der Waals surface area contributed by atoms with Gasteiger partial charge in [-0.3, -0.25) is 14.9 Å². The van der Waals surface area contributed by atoms with E-state index in [0.29, 0.717) is 0 Å². The number of nitro benzene ring substituents is 1. The molecule has 0 fully saturated rings. The lowest BCUT2D eigenvalue weighted by Gasteiger charge is -2.07. The first-order valence-corrected chi connectivity index (χ1v) is 8.30. The van der Waals surface area contributed by atoms with Gasteiger partial charge >= 0.3 is 5.97 Å². The van der Waals surface area contributed by atoms with Gasteiger partial charge < -0.3 is 4.74 Å². The Bertz CT molecular complexity index is 836. The van der Waals surface area contributed by atoms with Gasteiger partial charge in [0.2, 0.25) is 10.0 Å². The van der Waals surface area contributed by atoms with E-state index in [1.165, 1.54) is 18.2 Å². The van der Waals surface area contributed by atoms with Crippen LogP contribution in [0.5, 0.6) is 0 Å². The van der Waals surface area contributed by atoms with Gasteiger partial charge in [0, 0.05) is 12.1 Å². The SMILES string of the molecule is O=C(CNS(=O)(=O)c1cccc([N+](=O)[O-])c1)OCc1ccccc1. The number of nitro groups is 1. The number of carbonyl (C=O) groups excluding carboxylic acids is 1. The summed E-state index contributed by atoms with van der Waals surface area (Å²) in [4.78, 5) is 21.3. The number of nitrogens with one attached hydrogen (secondary N) is 1. The first kappa shape index (κ1) is 17.6. The number of esters is 1. The van der Waals surface area contributed by atoms with Crippen LogP contribution in [0.1, 0.15) is 5.56 Å². The summed E-state index contributed by atoms with van der Waals surface area (Å²) < 4.78 is 31.1. The summed E-state index contributed by atoms with van der Waals surface area (Å²) >= 11 is 0. The van der Waals surface area contributed by atoms with Crippen LogP contribution in [0, 0.1) is 10.1 Å². The van der Waals surface area contributed by atoms with Crippen LogP contribution in [0.25, 0.3) is 0 Å². The highest BCUT2D eigenvalue weighted by Gasteiger charge is 2.19. The maximum Gasteiger partial charge on any atom is 0.321 e. The van der Waals surface area contributed by atoms with Crippen molar-refractivity contribution in [3.63, 3.8) is 0 Å². The molecule has 0 aliphatic carbocycles. The number of benzene rings is 2. The summed E-state index contributed by atoms with van der Waals surface area (Å²) in [6.07, 6.45) is 0. The number of non-ortho nitro benzene ring substituents is 1. The van der Waals surface area contributed by atoms with Crippen LogP contribution in [0.3, 0.4) is 0 Å². The quantitative estimate of drug-likeness (QED) is 0.461. The molecule has 2 rings (SSSR count). The maximum atomic E-state index is 12.0. The molecule has 0 unspecified atom stereocenters. The molecule has 9 heteroatoms. The summed E-state index contributed by atoms with van der Waals surface area (Å²) in [5.41, 5.74) is 0.414. The minimum absolute atomic E-state index is 0.0260. The molecule has 0 spiro atoms. The average molecular weight is 350 g/mol. The second-order valence-corrected chi connectivity index (χ2v) is 6.49. The van der Waals surface area contributed by atoms with Gasteiger partial charge in [-0.1, -0.05) is 36.4 Å². The van der Waals surface area contributed by atoms with E-state index >= 15 is 0 Å². The number of carbonyl (C=O) groups is 1. The summed E-state index contributed by atoms with van der Waals surface area (Å²) in [7, 11) is -4.05. The zero-order valence-corrected chi connectivity index (χ0v) is 13.2. The molecule has 0 radical (unpaired) electrons. The van der Waals surface area contributed by atoms with Gasteiger partial charge in [0.1, 0.15) is 13.2 Å². The Morgan fingerprint density at radius 1 is 1.12 bits per heavy atom. The predicted molar refractivity (Wildman–Crippen MR) is 84.5 cm³/mol. The van der Waals surface area contributed by atoms with Crippen LogP contribution in [0.2, 0.25) is 0 Å². The minimum Gasteiger partial charge on any atom is -0.460 e. The average Bonchev–Trinajstić information content (AvgIpc) is 2.59. The Morgan fingerprint density at radius 2 is 1.83 bits per heavy atom. The second kappa shape index (κ2) is 7.66. The number of sulfonamides is 1. The van der Waals surface area contributed by atoms with Crippen LogP contribution < -0.4 is 4.72 Å². The first-order valence-electron chi connectivity index (χ1n) is 6.82. The maximum absolute atomic E-state index is 12.0. The molecule has 0 aliphatic heterocycles. The van der Waals surface area contributed by atoms with Crippen LogP contribution in [0.15, 0.2) is 59.5 Å². The molecule has 2 aromatic carbocycles. The summed E-state index contributed by atoms with van der Waals surface area (Å²) in [6.45, 7) is -0.546. The molecule has 0 bridgehead atoms. The van der Waals surface area contributed by atoms with Crippen molar-refractivity contribution in [3.8, 4) is 0 Å². The third kappa shape index (κ3) is 4.86. The number of hydrogen-bond acceptors (Lipinski definition) is 6. The number of hydrogen-bond donors (Lipinski definition) is 1. The van der Waals surface area contributed by atoms with Crippen LogP contribution in [0.4, 0.5) is 5.69 Å². The van der Waals surface area contributed by atoms with E-state index in [9.17, 15) is 23.3 Å². The van der Waals surface area contributed by atoms with Gasteiger partial charge in [-0.25, -0.2) is 8.42 Å². The van der Waals surface area contributed by atoms with Gasteiger partial charge in [-0.15, -0.1) is 0 Å². The van der Waals surface area contributed by atoms with Crippen LogP contribution in [-0.2, 0) is 26.2 Å². The van der Waals surface area contributed by atoms with Crippen molar-refractivity contribution in [3.05, 3.63) is 70.3 Å². The van der Waals surface area contributed by atoms with E-state index in [4.69, 9.17) is 4.74 Å². The molecule has 126 valence electrons. The monoisotopic (exact) mass is 350 g/mol. The zero-order valence-electron chi connectivity index (χ0n) is 12.4. The van der Waals surface area contributed by atoms with Crippen molar-refractivity contribution in [1.29, 1.82) is 0 Å². The van der Waals surface area contributed by atoms with E-state index in [1.807, 2.05) is 6.07 Å². The fraction of sp³-hybridized carbons (Fsp3) is 0.133. The molecule has 0 atom stereocenters. The molecule has 0 saturated carbocycles. The molecule has 24 heavy (non-hydrogen) atoms. The third-order valence-corrected chi connectivity index (χ3v) is 4.39. The summed E-state index contributed by atoms with van der Waals surface area (Å²) in [6, 6.07) is 13.5. The fourth-order valence-corrected chi connectivity index (χ4v) is 2.80. The van der Waals surface area contributed by atoms with E-state index in [1.54, 1.807) is 24.3 Å². The molecule has 0 aromatic heterocycles. The lowest BCUT2D eigenvalue weighted by atomic mass is 10.2. The van der Waals surface area contributed by atoms with Gasteiger partial charge in [0.15, 0.2) is 0 Å². The topological polar surface area (TPSA) is 116 Å². The van der Waals surface area contributed by atoms with E-state index in [0.717, 1.165) is 11.6 Å². The van der Waals surface area contributed by atoms with Gasteiger partial charge in [-0.05, 0) is 11.6 Å². The van der Waals surface area contributed by atoms with E-state index in [-0.39, 0.29) is 17.2 Å². The van der Waals surface area contributed by atoms with Crippen molar-refractivity contribution in [2.75, 3.05) is 6.54 Å². The normalized spacial score (nSPS) is 11.0. The van der Waals surface area contributed by atoms with E-state index < -0.39 is 27.5 Å². The lowest BCUT2D eigenvalue weighted by Crippen LogP contribution is -2.30. The Labute approximate surface area is 138 Å². The molecular formula is C15H14N2O6S. The van der Waals surface area contributed by atoms with E-state index in [2.05, 4.69) is 4.72 Å². The second-order valence-electron chi connectivity index (χ2n) is 4.73. The van der Waals surface area contributed by atoms with Crippen LogP contribution in [-0.4, -0.2) is 25.9 Å². The van der Waals surface area contributed by atoms with Crippen molar-refractivity contribution < 1.29 is 22.9 Å². The smallest absolute Gasteiger partial charge is 0.321 e. The lowest BCUT2D eigenvalue weighted by molar-refractivity contribution is -0.385. The molecule has 0 heterocycles. The Kier molecular flexibility index (Phi) is 5.61. The van der Waals surface area contributed by atoms with Gasteiger partial charge in [0.05, 0.1) is 9.82 Å². The van der Waals surface area contributed by atoms with Gasteiger partial charge in [-0.2, -0.15) is 4.72 Å². The molecular weight excluding hydrogens is 336 g/mol. The highest BCUT2D eigenvalue weighted by Crippen LogP contribution is 2.16. The molecule has 0 saturated heterocycles. The van der Waals surface area contributed by atoms with Crippen molar-refractivity contribution >= 4 is 21.7 Å². The Balaban J connectivity index is 1.93. The van der Waals surface area contributed by atoms with Gasteiger partial charge in [0.25, 0.3) is 5.69 Å². The highest BCUT2D eigenvalue weighted by molar-refractivity contribution is 7.89.